The van der Waals surface area contributed by atoms with Gasteiger partial charge in [-0.15, -0.1) is 0 Å². The number of nitrogens with zero attached hydrogens (tertiary/aromatic N) is 7. The highest BCUT2D eigenvalue weighted by Gasteiger charge is 2.39. The first-order valence-electron chi connectivity index (χ1n) is 10.2. The summed E-state index contributed by atoms with van der Waals surface area (Å²) in [5.41, 5.74) is 0.352. The van der Waals surface area contributed by atoms with Gasteiger partial charge in [-0.2, -0.15) is 32.8 Å². The summed E-state index contributed by atoms with van der Waals surface area (Å²) in [6.45, 7) is 0.644. The van der Waals surface area contributed by atoms with E-state index in [2.05, 4.69) is 35.3 Å². The zero-order chi connectivity index (χ0) is 22.9. The average molecular weight is 459 g/mol. The fraction of sp³-hybridized carbons (Fsp3) is 0.300. The first-order chi connectivity index (χ1) is 15.8. The topological polar surface area (TPSA) is 90.3 Å². The van der Waals surface area contributed by atoms with E-state index in [1.165, 1.54) is 6.07 Å². The molecule has 0 amide bonds. The summed E-state index contributed by atoms with van der Waals surface area (Å²) in [7, 11) is 1.96. The van der Waals surface area contributed by atoms with E-state index >= 15 is 0 Å². The highest BCUT2D eigenvalue weighted by Crippen LogP contribution is 2.37. The number of rotatable bonds is 4. The third kappa shape index (κ3) is 3.14. The van der Waals surface area contributed by atoms with Gasteiger partial charge < -0.3 is 20.1 Å². The van der Waals surface area contributed by atoms with E-state index in [1.807, 2.05) is 18.1 Å². The Balaban J connectivity index is 1.40. The number of benzene rings is 1. The van der Waals surface area contributed by atoms with Crippen LogP contribution < -0.4 is 10.2 Å². The maximum absolute atomic E-state index is 14.0. The summed E-state index contributed by atoms with van der Waals surface area (Å²) in [6.07, 6.45) is -1.16. The summed E-state index contributed by atoms with van der Waals surface area (Å²) in [5, 5.41) is 6.83. The van der Waals surface area contributed by atoms with Gasteiger partial charge in [0, 0.05) is 31.9 Å². The SMILES string of the molecule is CN1C=C2CC1CN2c1nc(NCc2nc3c(F)cccc3[nH]2)n2ncc(C(F)(F)F)c2n1. The minimum absolute atomic E-state index is 0.0644. The minimum atomic E-state index is -4.62. The van der Waals surface area contributed by atoms with Crippen molar-refractivity contribution in [2.45, 2.75) is 25.2 Å². The molecule has 0 aliphatic carbocycles. The molecule has 1 fully saturated rings. The second-order valence-electron chi connectivity index (χ2n) is 8.07. The highest BCUT2D eigenvalue weighted by molar-refractivity contribution is 5.75. The number of halogens is 4. The molecule has 2 N–H and O–H groups in total. The number of aromatic amines is 1. The Bertz CT molecular complexity index is 1420. The van der Waals surface area contributed by atoms with Crippen molar-refractivity contribution < 1.29 is 17.6 Å². The molecular weight excluding hydrogens is 442 g/mol. The van der Waals surface area contributed by atoms with Gasteiger partial charge in [0.15, 0.2) is 11.5 Å². The molecule has 9 nitrogen and oxygen atoms in total. The van der Waals surface area contributed by atoms with E-state index in [0.717, 1.165) is 22.8 Å². The van der Waals surface area contributed by atoms with Crippen molar-refractivity contribution in [1.82, 2.24) is 34.4 Å². The smallest absolute Gasteiger partial charge is 0.374 e. The van der Waals surface area contributed by atoms with Gasteiger partial charge in [0.25, 0.3) is 0 Å². The molecule has 2 aliphatic heterocycles. The van der Waals surface area contributed by atoms with Crippen LogP contribution in [0.5, 0.6) is 0 Å². The van der Waals surface area contributed by atoms with Gasteiger partial charge in [-0.3, -0.25) is 0 Å². The molecule has 1 unspecified atom stereocenters. The van der Waals surface area contributed by atoms with Gasteiger partial charge in [0.1, 0.15) is 16.9 Å². The Hall–Kier alpha value is -3.90. The minimum Gasteiger partial charge on any atom is -0.374 e. The van der Waals surface area contributed by atoms with Crippen LogP contribution >= 0.6 is 0 Å². The monoisotopic (exact) mass is 459 g/mol. The molecule has 13 heteroatoms. The summed E-state index contributed by atoms with van der Waals surface area (Å²) in [5.74, 6) is 0.166. The van der Waals surface area contributed by atoms with Crippen molar-refractivity contribution in [1.29, 1.82) is 0 Å². The van der Waals surface area contributed by atoms with Crippen LogP contribution in [0, 0.1) is 5.82 Å². The number of nitrogens with one attached hydrogen (secondary N) is 2. The molecule has 3 aromatic heterocycles. The largest absolute Gasteiger partial charge is 0.421 e. The lowest BCUT2D eigenvalue weighted by molar-refractivity contribution is -0.136. The van der Waals surface area contributed by atoms with Crippen molar-refractivity contribution in [2.75, 3.05) is 23.8 Å². The molecule has 5 heterocycles. The van der Waals surface area contributed by atoms with Crippen LogP contribution in [0.4, 0.5) is 29.5 Å². The maximum atomic E-state index is 14.0. The lowest BCUT2D eigenvalue weighted by Gasteiger charge is -2.27. The van der Waals surface area contributed by atoms with Crippen LogP contribution in [-0.2, 0) is 12.7 Å². The molecule has 33 heavy (non-hydrogen) atoms. The molecule has 6 rings (SSSR count). The van der Waals surface area contributed by atoms with Gasteiger partial charge >= 0.3 is 6.18 Å². The Morgan fingerprint density at radius 3 is 2.76 bits per heavy atom. The van der Waals surface area contributed by atoms with Crippen LogP contribution in [0.15, 0.2) is 36.3 Å². The molecule has 0 radical (unpaired) electrons. The lowest BCUT2D eigenvalue weighted by atomic mass is 10.3. The molecule has 0 saturated carbocycles. The van der Waals surface area contributed by atoms with E-state index in [0.29, 0.717) is 17.9 Å². The number of imidazole rings is 1. The van der Waals surface area contributed by atoms with Crippen molar-refractivity contribution >= 4 is 28.6 Å². The van der Waals surface area contributed by atoms with Gasteiger partial charge in [0.05, 0.1) is 24.3 Å². The summed E-state index contributed by atoms with van der Waals surface area (Å²) in [6, 6.07) is 4.78. The van der Waals surface area contributed by atoms with Gasteiger partial charge in [-0.25, -0.2) is 9.37 Å². The third-order valence-electron chi connectivity index (χ3n) is 5.94. The first-order valence-corrected chi connectivity index (χ1v) is 10.2. The van der Waals surface area contributed by atoms with Crippen LogP contribution in [-0.4, -0.2) is 54.1 Å². The number of likely N-dealkylation sites (N-methyl/N-ethyl adjacent to an activating group) is 1. The number of hydrogen-bond acceptors (Lipinski definition) is 7. The Morgan fingerprint density at radius 2 is 2.06 bits per heavy atom. The van der Waals surface area contributed by atoms with Crippen LogP contribution in [0.25, 0.3) is 16.7 Å². The first kappa shape index (κ1) is 19.8. The van der Waals surface area contributed by atoms with Crippen molar-refractivity contribution in [3.63, 3.8) is 0 Å². The van der Waals surface area contributed by atoms with Crippen molar-refractivity contribution in [3.8, 4) is 0 Å². The predicted molar refractivity (Wildman–Crippen MR) is 111 cm³/mol. The number of para-hydroxylation sites is 1. The number of hydrogen-bond donors (Lipinski definition) is 2. The normalized spacial score (nSPS) is 18.1. The highest BCUT2D eigenvalue weighted by atomic mass is 19.4. The molecular formula is C20H17F4N9. The Kier molecular flexibility index (Phi) is 4.07. The fourth-order valence-electron chi connectivity index (χ4n) is 4.29. The van der Waals surface area contributed by atoms with Gasteiger partial charge in [-0.1, -0.05) is 6.07 Å². The van der Waals surface area contributed by atoms with E-state index in [1.54, 1.807) is 12.1 Å². The van der Waals surface area contributed by atoms with E-state index in [4.69, 9.17) is 0 Å². The predicted octanol–water partition coefficient (Wildman–Crippen LogP) is 3.14. The summed E-state index contributed by atoms with van der Waals surface area (Å²) in [4.78, 5) is 19.8. The molecule has 2 bridgehead atoms. The second kappa shape index (κ2) is 6.80. The van der Waals surface area contributed by atoms with E-state index in [9.17, 15) is 17.6 Å². The van der Waals surface area contributed by atoms with Crippen LogP contribution in [0.2, 0.25) is 0 Å². The summed E-state index contributed by atoms with van der Waals surface area (Å²) >= 11 is 0. The molecule has 4 aromatic rings. The molecule has 0 spiro atoms. The van der Waals surface area contributed by atoms with E-state index < -0.39 is 17.6 Å². The zero-order valence-corrected chi connectivity index (χ0v) is 17.2. The maximum Gasteiger partial charge on any atom is 0.421 e. The fourth-order valence-corrected chi connectivity index (χ4v) is 4.29. The number of fused-ring (bicyclic) bond motifs is 4. The number of alkyl halides is 3. The van der Waals surface area contributed by atoms with Gasteiger partial charge in [0.2, 0.25) is 11.9 Å². The van der Waals surface area contributed by atoms with Gasteiger partial charge in [-0.05, 0) is 12.1 Å². The molecule has 1 atom stereocenters. The second-order valence-corrected chi connectivity index (χ2v) is 8.07. The van der Waals surface area contributed by atoms with Crippen LogP contribution in [0.3, 0.4) is 0 Å². The number of anilines is 2. The third-order valence-corrected chi connectivity index (χ3v) is 5.94. The molecule has 2 aliphatic rings. The average Bonchev–Trinajstić information content (AvgIpc) is 3.52. The molecule has 1 saturated heterocycles. The molecule has 1 aromatic carbocycles. The Labute approximate surface area is 183 Å². The van der Waals surface area contributed by atoms with Crippen LogP contribution in [0.1, 0.15) is 17.8 Å². The number of H-pyrrole nitrogens is 1. The van der Waals surface area contributed by atoms with Crippen molar-refractivity contribution in [2.24, 2.45) is 0 Å². The number of aromatic nitrogens is 6. The zero-order valence-electron chi connectivity index (χ0n) is 17.2. The Morgan fingerprint density at radius 1 is 1.21 bits per heavy atom. The van der Waals surface area contributed by atoms with Crippen molar-refractivity contribution in [3.05, 3.63) is 53.5 Å². The standard InChI is InChI=1S/C20H17F4N9/c1-31-8-11-5-10(31)9-32(11)19-29-17-12(20(22,23)24)6-26-33(17)18(30-19)25-7-15-27-14-4-2-3-13(21)16(14)28-15/h2-4,6,8,10H,5,7,9H2,1H3,(H,27,28)(H,25,29,30). The lowest BCUT2D eigenvalue weighted by Crippen LogP contribution is -2.34. The molecule has 170 valence electrons. The summed E-state index contributed by atoms with van der Waals surface area (Å²) < 4.78 is 55.7. The quantitative estimate of drug-likeness (QED) is 0.453. The van der Waals surface area contributed by atoms with E-state index in [-0.39, 0.29) is 35.6 Å².